The van der Waals surface area contributed by atoms with Crippen LogP contribution in [0.25, 0.3) is 0 Å². The van der Waals surface area contributed by atoms with Crippen molar-refractivity contribution in [1.29, 1.82) is 0 Å². The van der Waals surface area contributed by atoms with Crippen molar-refractivity contribution in [3.8, 4) is 0 Å². The van der Waals surface area contributed by atoms with Crippen LogP contribution in [0.1, 0.15) is 10.5 Å². The first-order valence-electron chi connectivity index (χ1n) is 3.80. The molecule has 0 fully saturated rings. The van der Waals surface area contributed by atoms with E-state index in [1.165, 1.54) is 18.6 Å². The van der Waals surface area contributed by atoms with Gasteiger partial charge in [-0.3, -0.25) is 9.89 Å². The molecule has 0 radical (unpaired) electrons. The van der Waals surface area contributed by atoms with Crippen LogP contribution < -0.4 is 5.73 Å². The molecule has 0 aliphatic rings. The van der Waals surface area contributed by atoms with Crippen LogP contribution in [0, 0.1) is 0 Å². The highest BCUT2D eigenvalue weighted by Gasteiger charge is 1.96. The molecule has 2 heterocycles. The van der Waals surface area contributed by atoms with Gasteiger partial charge in [0.25, 0.3) is 5.91 Å². The molecule has 6 heteroatoms. The maximum atomic E-state index is 10.2. The lowest BCUT2D eigenvalue weighted by atomic mass is 10.4. The average molecular weight is 191 g/mol. The Morgan fingerprint density at radius 2 is 2.00 bits per heavy atom. The lowest BCUT2D eigenvalue weighted by molar-refractivity contribution is 0.0995. The van der Waals surface area contributed by atoms with E-state index in [9.17, 15) is 4.79 Å². The Labute approximate surface area is 80.2 Å². The molecule has 6 nitrogen and oxygen atoms in total. The number of nitrogens with one attached hydrogen (secondary N) is 1. The molecule has 0 saturated carbocycles. The van der Waals surface area contributed by atoms with Gasteiger partial charge in [-0.1, -0.05) is 0 Å². The third-order valence-corrected chi connectivity index (χ3v) is 1.24. The summed E-state index contributed by atoms with van der Waals surface area (Å²) >= 11 is 0. The van der Waals surface area contributed by atoms with Crippen molar-refractivity contribution in [3.05, 3.63) is 42.7 Å². The van der Waals surface area contributed by atoms with Gasteiger partial charge < -0.3 is 5.73 Å². The lowest BCUT2D eigenvalue weighted by Crippen LogP contribution is -2.10. The van der Waals surface area contributed by atoms with E-state index in [2.05, 4.69) is 20.2 Å². The highest BCUT2D eigenvalue weighted by molar-refractivity contribution is 5.90. The molecule has 0 aromatic carbocycles. The van der Waals surface area contributed by atoms with Gasteiger partial charge in [0, 0.05) is 18.6 Å². The van der Waals surface area contributed by atoms with Crippen molar-refractivity contribution in [2.24, 2.45) is 5.73 Å². The van der Waals surface area contributed by atoms with E-state index in [1.54, 1.807) is 18.5 Å². The van der Waals surface area contributed by atoms with E-state index in [-0.39, 0.29) is 0 Å². The Morgan fingerprint density at radius 1 is 1.29 bits per heavy atom. The number of amides is 1. The molecule has 72 valence electrons. The third-order valence-electron chi connectivity index (χ3n) is 1.24. The summed E-state index contributed by atoms with van der Waals surface area (Å²) in [7, 11) is 0. The summed E-state index contributed by atoms with van der Waals surface area (Å²) in [4.78, 5) is 17.6. The van der Waals surface area contributed by atoms with Crippen LogP contribution in [-0.2, 0) is 0 Å². The van der Waals surface area contributed by atoms with E-state index >= 15 is 0 Å². The number of H-pyrrole nitrogens is 1. The van der Waals surface area contributed by atoms with Gasteiger partial charge in [-0.2, -0.15) is 5.10 Å². The van der Waals surface area contributed by atoms with Crippen molar-refractivity contribution in [3.63, 3.8) is 0 Å². The normalized spacial score (nSPS) is 8.57. The zero-order valence-electron chi connectivity index (χ0n) is 7.29. The molecule has 1 amide bonds. The number of primary amides is 1. The van der Waals surface area contributed by atoms with Crippen molar-refractivity contribution in [2.75, 3.05) is 0 Å². The van der Waals surface area contributed by atoms with Crippen LogP contribution in [0.5, 0.6) is 0 Å². The summed E-state index contributed by atoms with van der Waals surface area (Å²) in [6.45, 7) is 0. The minimum absolute atomic E-state index is 0.338. The van der Waals surface area contributed by atoms with Crippen molar-refractivity contribution < 1.29 is 4.79 Å². The molecular weight excluding hydrogens is 182 g/mol. The Balaban J connectivity index is 0.000000146. The smallest absolute Gasteiger partial charge is 0.266 e. The number of nitrogens with two attached hydrogens (primary N) is 1. The monoisotopic (exact) mass is 191 g/mol. The van der Waals surface area contributed by atoms with Crippen LogP contribution >= 0.6 is 0 Å². The zero-order valence-corrected chi connectivity index (χ0v) is 7.29. The number of rotatable bonds is 1. The largest absolute Gasteiger partial charge is 0.364 e. The van der Waals surface area contributed by atoms with Gasteiger partial charge in [0.1, 0.15) is 12.0 Å². The minimum atomic E-state index is -0.484. The second kappa shape index (κ2) is 5.41. The number of carbonyl (C=O) groups excluding carboxylic acids is 1. The molecule has 0 aliphatic carbocycles. The van der Waals surface area contributed by atoms with Crippen molar-refractivity contribution >= 4 is 5.91 Å². The van der Waals surface area contributed by atoms with E-state index in [4.69, 9.17) is 5.73 Å². The van der Waals surface area contributed by atoms with Crippen molar-refractivity contribution in [2.45, 2.75) is 0 Å². The summed E-state index contributed by atoms with van der Waals surface area (Å²) < 4.78 is 0. The first kappa shape index (κ1) is 9.85. The minimum Gasteiger partial charge on any atom is -0.364 e. The average Bonchev–Trinajstić information content (AvgIpc) is 2.74. The van der Waals surface area contributed by atoms with Crippen LogP contribution in [0.3, 0.4) is 0 Å². The number of aromatic amines is 1. The molecule has 3 N–H and O–H groups in total. The van der Waals surface area contributed by atoms with Gasteiger partial charge >= 0.3 is 0 Å². The quantitative estimate of drug-likeness (QED) is 0.662. The summed E-state index contributed by atoms with van der Waals surface area (Å²) in [5.74, 6) is -0.484. The fourth-order valence-electron chi connectivity index (χ4n) is 0.646. The van der Waals surface area contributed by atoms with Gasteiger partial charge in [-0.05, 0) is 12.1 Å². The topological polar surface area (TPSA) is 97.6 Å². The number of hydrogen-bond acceptors (Lipinski definition) is 4. The summed E-state index contributed by atoms with van der Waals surface area (Å²) in [6.07, 6.45) is 6.35. The van der Waals surface area contributed by atoms with Gasteiger partial charge in [0.05, 0.1) is 0 Å². The van der Waals surface area contributed by atoms with E-state index < -0.39 is 5.91 Å². The van der Waals surface area contributed by atoms with Crippen LogP contribution in [0.4, 0.5) is 0 Å². The molecule has 2 aromatic rings. The van der Waals surface area contributed by atoms with Crippen LogP contribution in [0.15, 0.2) is 37.1 Å². The van der Waals surface area contributed by atoms with E-state index in [0.717, 1.165) is 0 Å². The number of hydrogen-bond donors (Lipinski definition) is 2. The van der Waals surface area contributed by atoms with Crippen LogP contribution in [-0.4, -0.2) is 26.1 Å². The molecule has 0 atom stereocenters. The Morgan fingerprint density at radius 3 is 2.21 bits per heavy atom. The Hall–Kier alpha value is -2.24. The van der Waals surface area contributed by atoms with Gasteiger partial charge in [0.15, 0.2) is 0 Å². The predicted octanol–water partition coefficient (Wildman–Crippen LogP) is -0.0148. The molecule has 0 unspecified atom stereocenters. The second-order valence-corrected chi connectivity index (χ2v) is 2.24. The third kappa shape index (κ3) is 3.44. The van der Waals surface area contributed by atoms with Crippen molar-refractivity contribution in [1.82, 2.24) is 20.2 Å². The molecule has 2 aromatic heterocycles. The maximum Gasteiger partial charge on any atom is 0.266 e. The maximum absolute atomic E-state index is 10.2. The Bertz CT molecular complexity index is 332. The first-order chi connectivity index (χ1) is 6.80. The highest BCUT2D eigenvalue weighted by atomic mass is 16.1. The van der Waals surface area contributed by atoms with Gasteiger partial charge in [0.2, 0.25) is 0 Å². The molecule has 2 rings (SSSR count). The molecule has 0 spiro atoms. The SMILES string of the molecule is NC(=O)c1ccn[nH]1.c1cncnc1. The molecule has 0 saturated heterocycles. The molecule has 0 bridgehead atoms. The Kier molecular flexibility index (Phi) is 3.81. The summed E-state index contributed by atoms with van der Waals surface area (Å²) in [5.41, 5.74) is 5.19. The predicted molar refractivity (Wildman–Crippen MR) is 49.1 cm³/mol. The molecular formula is C8H9N5O. The highest BCUT2D eigenvalue weighted by Crippen LogP contribution is 1.86. The summed E-state index contributed by atoms with van der Waals surface area (Å²) in [6, 6.07) is 3.29. The standard InChI is InChI=1S/C4H5N3O.C4H4N2/c5-4(8)3-1-2-6-7-3;1-2-5-4-6-3-1/h1-2H,(H2,5,8)(H,6,7);1-4H. The van der Waals surface area contributed by atoms with Gasteiger partial charge in [-0.15, -0.1) is 0 Å². The fraction of sp³-hybridized carbons (Fsp3) is 0. The number of nitrogens with zero attached hydrogens (tertiary/aromatic N) is 3. The number of aromatic nitrogens is 4. The van der Waals surface area contributed by atoms with Crippen LogP contribution in [0.2, 0.25) is 0 Å². The first-order valence-corrected chi connectivity index (χ1v) is 3.80. The van der Waals surface area contributed by atoms with E-state index in [0.29, 0.717) is 5.69 Å². The second-order valence-electron chi connectivity index (χ2n) is 2.24. The zero-order chi connectivity index (χ0) is 10.2. The summed E-state index contributed by atoms with van der Waals surface area (Å²) in [5, 5.41) is 5.93. The molecule has 0 aliphatic heterocycles. The van der Waals surface area contributed by atoms with Gasteiger partial charge in [-0.25, -0.2) is 9.97 Å². The fourth-order valence-corrected chi connectivity index (χ4v) is 0.646. The molecule has 14 heavy (non-hydrogen) atoms. The number of carbonyl (C=O) groups is 1. The van der Waals surface area contributed by atoms with E-state index in [1.807, 2.05) is 0 Å². The lowest BCUT2D eigenvalue weighted by Gasteiger charge is -1.80.